The summed E-state index contributed by atoms with van der Waals surface area (Å²) in [6, 6.07) is 7.22. The van der Waals surface area contributed by atoms with Gasteiger partial charge in [0, 0.05) is 24.5 Å². The number of H-pyrrole nitrogens is 1. The van der Waals surface area contributed by atoms with Gasteiger partial charge in [-0.05, 0) is 19.1 Å². The summed E-state index contributed by atoms with van der Waals surface area (Å²) in [5.41, 5.74) is 1.89. The summed E-state index contributed by atoms with van der Waals surface area (Å²) >= 11 is 0. The normalized spacial score (nSPS) is 11.0. The molecule has 2 N–H and O–H groups in total. The van der Waals surface area contributed by atoms with Crippen molar-refractivity contribution in [2.75, 3.05) is 11.9 Å². The van der Waals surface area contributed by atoms with Crippen LogP contribution in [0.2, 0.25) is 0 Å². The minimum absolute atomic E-state index is 0.168. The number of para-hydroxylation sites is 1. The van der Waals surface area contributed by atoms with Crippen LogP contribution in [0.15, 0.2) is 47.7 Å². The number of hydrogen-bond donors (Lipinski definition) is 2. The van der Waals surface area contributed by atoms with Crippen molar-refractivity contribution >= 4 is 16.9 Å². The van der Waals surface area contributed by atoms with Gasteiger partial charge in [-0.3, -0.25) is 4.79 Å². The lowest BCUT2D eigenvalue weighted by atomic mass is 10.2. The van der Waals surface area contributed by atoms with Crippen molar-refractivity contribution in [1.29, 1.82) is 0 Å². The second-order valence-electron chi connectivity index (χ2n) is 5.66. The minimum Gasteiger partial charge on any atom is -0.355 e. The average Bonchev–Trinajstić information content (AvgIpc) is 3.11. The maximum atomic E-state index is 12.1. The molecule has 0 bridgehead atoms. The van der Waals surface area contributed by atoms with Gasteiger partial charge in [-0.25, -0.2) is 19.6 Å². The highest BCUT2D eigenvalue weighted by atomic mass is 16.1. The average molecular weight is 348 g/mol. The summed E-state index contributed by atoms with van der Waals surface area (Å²) < 4.78 is 1.61. The zero-order valence-electron chi connectivity index (χ0n) is 14.0. The van der Waals surface area contributed by atoms with Gasteiger partial charge in [0.1, 0.15) is 18.1 Å². The molecule has 4 aromatic rings. The number of nitrogens with one attached hydrogen (secondary N) is 2. The molecule has 0 aliphatic heterocycles. The smallest absolute Gasteiger partial charge is 0.258 e. The van der Waals surface area contributed by atoms with E-state index >= 15 is 0 Å². The zero-order chi connectivity index (χ0) is 17.9. The SMILES string of the molecule is CCNc1ncc(-c2cn(Cc3nc4ccccc4c(=O)[nH]3)nn2)cn1. The van der Waals surface area contributed by atoms with Gasteiger partial charge >= 0.3 is 0 Å². The van der Waals surface area contributed by atoms with E-state index in [2.05, 4.69) is 35.6 Å². The molecule has 130 valence electrons. The quantitative estimate of drug-likeness (QED) is 0.561. The van der Waals surface area contributed by atoms with E-state index in [-0.39, 0.29) is 5.56 Å². The van der Waals surface area contributed by atoms with Gasteiger partial charge in [0.2, 0.25) is 5.95 Å². The van der Waals surface area contributed by atoms with Crippen LogP contribution in [-0.2, 0) is 6.54 Å². The van der Waals surface area contributed by atoms with Crippen LogP contribution in [-0.4, -0.2) is 41.5 Å². The van der Waals surface area contributed by atoms with E-state index in [1.54, 1.807) is 29.3 Å². The molecule has 0 saturated carbocycles. The lowest BCUT2D eigenvalue weighted by molar-refractivity contribution is 0.625. The Morgan fingerprint density at radius 3 is 2.81 bits per heavy atom. The van der Waals surface area contributed by atoms with Crippen LogP contribution in [0.4, 0.5) is 5.95 Å². The molecule has 3 aromatic heterocycles. The highest BCUT2D eigenvalue weighted by Crippen LogP contribution is 2.15. The topological polar surface area (TPSA) is 114 Å². The summed E-state index contributed by atoms with van der Waals surface area (Å²) in [7, 11) is 0. The van der Waals surface area contributed by atoms with E-state index in [1.165, 1.54) is 0 Å². The Balaban J connectivity index is 1.58. The highest BCUT2D eigenvalue weighted by molar-refractivity contribution is 5.77. The van der Waals surface area contributed by atoms with E-state index in [9.17, 15) is 4.79 Å². The van der Waals surface area contributed by atoms with Crippen molar-refractivity contribution in [3.63, 3.8) is 0 Å². The number of nitrogens with zero attached hydrogens (tertiary/aromatic N) is 6. The third kappa shape index (κ3) is 3.14. The molecule has 9 nitrogen and oxygen atoms in total. The Labute approximate surface area is 148 Å². The molecule has 1 aromatic carbocycles. The fourth-order valence-electron chi connectivity index (χ4n) is 2.58. The van der Waals surface area contributed by atoms with Gasteiger partial charge in [-0.1, -0.05) is 17.3 Å². The van der Waals surface area contributed by atoms with Crippen LogP contribution in [0.25, 0.3) is 22.2 Å². The highest BCUT2D eigenvalue weighted by Gasteiger charge is 2.08. The summed E-state index contributed by atoms with van der Waals surface area (Å²) in [5, 5.41) is 11.8. The van der Waals surface area contributed by atoms with Crippen molar-refractivity contribution < 1.29 is 0 Å². The second-order valence-corrected chi connectivity index (χ2v) is 5.66. The van der Waals surface area contributed by atoms with E-state index in [0.717, 1.165) is 12.1 Å². The molecule has 4 rings (SSSR count). The largest absolute Gasteiger partial charge is 0.355 e. The minimum atomic E-state index is -0.168. The molecular weight excluding hydrogens is 332 g/mol. The molecule has 0 aliphatic carbocycles. The Bertz CT molecular complexity index is 1100. The van der Waals surface area contributed by atoms with Gasteiger partial charge in [-0.15, -0.1) is 5.10 Å². The van der Waals surface area contributed by atoms with Gasteiger partial charge in [0.25, 0.3) is 5.56 Å². The predicted octanol–water partition coefficient (Wildman–Crippen LogP) is 1.45. The number of aromatic amines is 1. The first-order valence-corrected chi connectivity index (χ1v) is 8.17. The van der Waals surface area contributed by atoms with Gasteiger partial charge in [0.05, 0.1) is 17.1 Å². The molecule has 3 heterocycles. The third-order valence-corrected chi connectivity index (χ3v) is 3.79. The van der Waals surface area contributed by atoms with Crippen molar-refractivity contribution in [1.82, 2.24) is 34.9 Å². The Kier molecular flexibility index (Phi) is 4.10. The maximum Gasteiger partial charge on any atom is 0.258 e. The van der Waals surface area contributed by atoms with Gasteiger partial charge in [-0.2, -0.15) is 0 Å². The molecular formula is C17H16N8O. The van der Waals surface area contributed by atoms with E-state index in [4.69, 9.17) is 0 Å². The van der Waals surface area contributed by atoms with E-state index in [0.29, 0.717) is 34.9 Å². The Hall–Kier alpha value is -3.62. The van der Waals surface area contributed by atoms with Gasteiger partial charge < -0.3 is 10.3 Å². The van der Waals surface area contributed by atoms with Gasteiger partial charge in [0.15, 0.2) is 0 Å². The molecule has 0 fully saturated rings. The van der Waals surface area contributed by atoms with E-state index < -0.39 is 0 Å². The molecule has 9 heteroatoms. The molecule has 0 atom stereocenters. The van der Waals surface area contributed by atoms with Crippen molar-refractivity contribution in [3.05, 3.63) is 59.0 Å². The lowest BCUT2D eigenvalue weighted by Crippen LogP contribution is -2.14. The zero-order valence-corrected chi connectivity index (χ0v) is 14.0. The number of hydrogen-bond acceptors (Lipinski definition) is 7. The van der Waals surface area contributed by atoms with Crippen LogP contribution in [0.1, 0.15) is 12.7 Å². The fraction of sp³-hybridized carbons (Fsp3) is 0.176. The first-order chi connectivity index (χ1) is 12.7. The third-order valence-electron chi connectivity index (χ3n) is 3.79. The molecule has 0 radical (unpaired) electrons. The number of aromatic nitrogens is 7. The van der Waals surface area contributed by atoms with Crippen LogP contribution >= 0.6 is 0 Å². The molecule has 0 unspecified atom stereocenters. The van der Waals surface area contributed by atoms with Crippen molar-refractivity contribution in [3.8, 4) is 11.3 Å². The predicted molar refractivity (Wildman–Crippen MR) is 96.7 cm³/mol. The monoisotopic (exact) mass is 348 g/mol. The first kappa shape index (κ1) is 15.9. The van der Waals surface area contributed by atoms with Crippen molar-refractivity contribution in [2.45, 2.75) is 13.5 Å². The second kappa shape index (κ2) is 6.71. The Morgan fingerprint density at radius 2 is 2.00 bits per heavy atom. The summed E-state index contributed by atoms with van der Waals surface area (Å²) in [4.78, 5) is 27.8. The first-order valence-electron chi connectivity index (χ1n) is 8.17. The number of anilines is 1. The molecule has 0 aliphatic rings. The summed E-state index contributed by atoms with van der Waals surface area (Å²) in [5.74, 6) is 1.09. The molecule has 0 amide bonds. The summed E-state index contributed by atoms with van der Waals surface area (Å²) in [6.07, 6.45) is 5.14. The van der Waals surface area contributed by atoms with E-state index in [1.807, 2.05) is 25.1 Å². The lowest BCUT2D eigenvalue weighted by Gasteiger charge is -2.02. The summed E-state index contributed by atoms with van der Waals surface area (Å²) in [6.45, 7) is 3.05. The molecule has 26 heavy (non-hydrogen) atoms. The number of benzene rings is 1. The van der Waals surface area contributed by atoms with Crippen LogP contribution < -0.4 is 10.9 Å². The fourth-order valence-corrected chi connectivity index (χ4v) is 2.58. The van der Waals surface area contributed by atoms with Crippen LogP contribution in [0.3, 0.4) is 0 Å². The van der Waals surface area contributed by atoms with Crippen molar-refractivity contribution in [2.24, 2.45) is 0 Å². The molecule has 0 saturated heterocycles. The standard InChI is InChI=1S/C17H16N8O/c1-2-18-17-19-7-11(8-20-17)14-9-25(24-23-14)10-15-21-13-6-4-3-5-12(13)16(26)22-15/h3-9H,2,10H2,1H3,(H,18,19,20)(H,21,22,26). The maximum absolute atomic E-state index is 12.1. The van der Waals surface area contributed by atoms with Crippen LogP contribution in [0.5, 0.6) is 0 Å². The van der Waals surface area contributed by atoms with Crippen LogP contribution in [0, 0.1) is 0 Å². The Morgan fingerprint density at radius 1 is 1.19 bits per heavy atom. The number of rotatable bonds is 5. The molecule has 0 spiro atoms. The number of fused-ring (bicyclic) bond motifs is 1.